The van der Waals surface area contributed by atoms with E-state index < -0.39 is 8.56 Å². The molecule has 1 heterocycles. The van der Waals surface area contributed by atoms with Crippen molar-refractivity contribution in [3.8, 4) is 0 Å². The topological polar surface area (TPSA) is 29.5 Å². The summed E-state index contributed by atoms with van der Waals surface area (Å²) >= 11 is 0. The number of hydrogen-bond donors (Lipinski definition) is 1. The molecule has 0 saturated carbocycles. The molecular weight excluding hydrogens is 192 g/mol. The van der Waals surface area contributed by atoms with Crippen LogP contribution in [-0.2, 0) is 10.5 Å². The fraction of sp³-hybridized carbons (Fsp3) is 0.455. The number of benzene rings is 1. The van der Waals surface area contributed by atoms with E-state index in [1.165, 1.54) is 5.56 Å². The van der Waals surface area contributed by atoms with Gasteiger partial charge in [-0.05, 0) is 24.4 Å². The van der Waals surface area contributed by atoms with Gasteiger partial charge in [0.1, 0.15) is 0 Å². The maximum atomic E-state index is 10.2. The maximum absolute atomic E-state index is 10.2. The summed E-state index contributed by atoms with van der Waals surface area (Å²) in [5.41, 5.74) is 1.20. The molecular formula is C11H16O2Si. The van der Waals surface area contributed by atoms with Crippen LogP contribution in [-0.4, -0.2) is 20.0 Å². The molecule has 0 radical (unpaired) electrons. The molecule has 76 valence electrons. The molecule has 14 heavy (non-hydrogen) atoms. The lowest BCUT2D eigenvalue weighted by molar-refractivity contribution is 0.200. The summed E-state index contributed by atoms with van der Waals surface area (Å²) in [6.45, 7) is 0.746. The predicted octanol–water partition coefficient (Wildman–Crippen LogP) is 2.01. The van der Waals surface area contributed by atoms with Crippen LogP contribution in [0.25, 0.3) is 0 Å². The standard InChI is InChI=1S/C11H16O2Si/c12-14(9-5-4-8-13-14)10-11-6-2-1-3-7-11/h1-3,6-7,12H,4-5,8-10H2. The Labute approximate surface area is 85.8 Å². The Morgan fingerprint density at radius 2 is 2.00 bits per heavy atom. The van der Waals surface area contributed by atoms with Gasteiger partial charge in [-0.1, -0.05) is 30.3 Å². The average molecular weight is 208 g/mol. The zero-order valence-electron chi connectivity index (χ0n) is 8.28. The van der Waals surface area contributed by atoms with Gasteiger partial charge in [0.25, 0.3) is 0 Å². The van der Waals surface area contributed by atoms with Gasteiger partial charge in [-0.25, -0.2) is 0 Å². The normalized spacial score (nSPS) is 27.5. The van der Waals surface area contributed by atoms with Gasteiger partial charge in [-0.2, -0.15) is 0 Å². The molecule has 0 aromatic heterocycles. The maximum Gasteiger partial charge on any atom is 0.339 e. The first-order valence-corrected chi connectivity index (χ1v) is 7.46. The first kappa shape index (κ1) is 9.89. The van der Waals surface area contributed by atoms with Crippen molar-refractivity contribution in [1.29, 1.82) is 0 Å². The van der Waals surface area contributed by atoms with Crippen molar-refractivity contribution < 1.29 is 9.22 Å². The SMILES string of the molecule is O[Si]1(Cc2ccccc2)CCCCO1. The van der Waals surface area contributed by atoms with E-state index in [1.54, 1.807) is 0 Å². The summed E-state index contributed by atoms with van der Waals surface area (Å²) in [5.74, 6) is 0. The minimum atomic E-state index is -2.38. The van der Waals surface area contributed by atoms with E-state index in [4.69, 9.17) is 4.43 Å². The second-order valence-corrected chi connectivity index (χ2v) is 6.95. The van der Waals surface area contributed by atoms with Crippen LogP contribution in [0.1, 0.15) is 18.4 Å². The average Bonchev–Trinajstić information content (AvgIpc) is 2.19. The quantitative estimate of drug-likeness (QED) is 0.753. The van der Waals surface area contributed by atoms with Crippen molar-refractivity contribution in [1.82, 2.24) is 0 Å². The third kappa shape index (κ3) is 2.44. The first-order valence-electron chi connectivity index (χ1n) is 5.19. The molecule has 1 atom stereocenters. The lowest BCUT2D eigenvalue weighted by Crippen LogP contribution is -2.44. The van der Waals surface area contributed by atoms with E-state index in [9.17, 15) is 4.80 Å². The molecule has 0 spiro atoms. The zero-order chi connectivity index (χ0) is 9.86. The van der Waals surface area contributed by atoms with Crippen molar-refractivity contribution in [2.24, 2.45) is 0 Å². The molecule has 2 nitrogen and oxygen atoms in total. The predicted molar refractivity (Wildman–Crippen MR) is 58.1 cm³/mol. The van der Waals surface area contributed by atoms with Crippen molar-refractivity contribution in [3.05, 3.63) is 35.9 Å². The number of hydrogen-bond acceptors (Lipinski definition) is 2. The Bertz CT molecular complexity index is 281. The van der Waals surface area contributed by atoms with Crippen LogP contribution >= 0.6 is 0 Å². The van der Waals surface area contributed by atoms with Gasteiger partial charge in [-0.3, -0.25) is 0 Å². The van der Waals surface area contributed by atoms with Crippen LogP contribution in [0.4, 0.5) is 0 Å². The molecule has 2 rings (SSSR count). The third-order valence-corrected chi connectivity index (χ3v) is 5.49. The second-order valence-electron chi connectivity index (χ2n) is 3.91. The Morgan fingerprint density at radius 1 is 1.21 bits per heavy atom. The minimum absolute atomic E-state index is 0.744. The summed E-state index contributed by atoms with van der Waals surface area (Å²) < 4.78 is 5.56. The first-order chi connectivity index (χ1) is 6.79. The molecule has 0 bridgehead atoms. The Balaban J connectivity index is 2.02. The lowest BCUT2D eigenvalue weighted by atomic mass is 10.2. The number of rotatable bonds is 2. The molecule has 1 fully saturated rings. The second kappa shape index (κ2) is 4.25. The van der Waals surface area contributed by atoms with Gasteiger partial charge >= 0.3 is 8.56 Å². The Hall–Kier alpha value is -0.643. The van der Waals surface area contributed by atoms with Crippen LogP contribution in [0.2, 0.25) is 6.04 Å². The largest absolute Gasteiger partial charge is 0.410 e. The van der Waals surface area contributed by atoms with Crippen LogP contribution in [0, 0.1) is 0 Å². The van der Waals surface area contributed by atoms with Gasteiger partial charge in [0.05, 0.1) is 0 Å². The molecule has 1 saturated heterocycles. The van der Waals surface area contributed by atoms with E-state index in [2.05, 4.69) is 12.1 Å². The monoisotopic (exact) mass is 208 g/mol. The third-order valence-electron chi connectivity index (χ3n) is 2.66. The van der Waals surface area contributed by atoms with Gasteiger partial charge in [0.2, 0.25) is 0 Å². The lowest BCUT2D eigenvalue weighted by Gasteiger charge is -2.29. The van der Waals surface area contributed by atoms with E-state index in [0.29, 0.717) is 0 Å². The van der Waals surface area contributed by atoms with Crippen LogP contribution < -0.4 is 0 Å². The van der Waals surface area contributed by atoms with Gasteiger partial charge in [-0.15, -0.1) is 0 Å². The molecule has 1 aromatic rings. The summed E-state index contributed by atoms with van der Waals surface area (Å²) in [4.78, 5) is 10.2. The Kier molecular flexibility index (Phi) is 3.01. The fourth-order valence-electron chi connectivity index (χ4n) is 1.89. The molecule has 3 heteroatoms. The fourth-order valence-corrected chi connectivity index (χ4v) is 4.52. The zero-order valence-corrected chi connectivity index (χ0v) is 9.28. The molecule has 1 N–H and O–H groups in total. The molecule has 1 unspecified atom stereocenters. The summed E-state index contributed by atoms with van der Waals surface area (Å²) in [7, 11) is -2.38. The highest BCUT2D eigenvalue weighted by Gasteiger charge is 2.35. The molecule has 1 aliphatic heterocycles. The highest BCUT2D eigenvalue weighted by atomic mass is 28.4. The van der Waals surface area contributed by atoms with Crippen molar-refractivity contribution >= 4 is 8.56 Å². The van der Waals surface area contributed by atoms with E-state index in [1.807, 2.05) is 18.2 Å². The van der Waals surface area contributed by atoms with Gasteiger partial charge in [0.15, 0.2) is 0 Å². The highest BCUT2D eigenvalue weighted by Crippen LogP contribution is 2.22. The van der Waals surface area contributed by atoms with Crippen LogP contribution in [0.15, 0.2) is 30.3 Å². The highest BCUT2D eigenvalue weighted by molar-refractivity contribution is 6.65. The van der Waals surface area contributed by atoms with Crippen LogP contribution in [0.3, 0.4) is 0 Å². The van der Waals surface area contributed by atoms with E-state index >= 15 is 0 Å². The smallest absolute Gasteiger partial charge is 0.339 e. The van der Waals surface area contributed by atoms with Crippen molar-refractivity contribution in [2.45, 2.75) is 24.9 Å². The van der Waals surface area contributed by atoms with Crippen molar-refractivity contribution in [3.63, 3.8) is 0 Å². The molecule has 0 aliphatic carbocycles. The van der Waals surface area contributed by atoms with Gasteiger partial charge in [0, 0.05) is 12.7 Å². The Morgan fingerprint density at radius 3 is 2.64 bits per heavy atom. The van der Waals surface area contributed by atoms with Gasteiger partial charge < -0.3 is 9.22 Å². The van der Waals surface area contributed by atoms with Crippen molar-refractivity contribution in [2.75, 3.05) is 6.61 Å². The van der Waals surface area contributed by atoms with E-state index in [-0.39, 0.29) is 0 Å². The molecule has 1 aliphatic rings. The van der Waals surface area contributed by atoms with E-state index in [0.717, 1.165) is 31.5 Å². The molecule has 0 amide bonds. The summed E-state index contributed by atoms with van der Waals surface area (Å²) in [6, 6.07) is 11.8. The summed E-state index contributed by atoms with van der Waals surface area (Å²) in [6.07, 6.45) is 2.22. The summed E-state index contributed by atoms with van der Waals surface area (Å²) in [5, 5.41) is 0. The van der Waals surface area contributed by atoms with Crippen LogP contribution in [0.5, 0.6) is 0 Å². The minimum Gasteiger partial charge on any atom is -0.410 e. The molecule has 1 aromatic carbocycles.